The van der Waals surface area contributed by atoms with Crippen molar-refractivity contribution < 1.29 is 23.8 Å². The molecule has 0 fully saturated rings. The summed E-state index contributed by atoms with van der Waals surface area (Å²) in [5.74, 6) is -0.338. The third-order valence-electron chi connectivity index (χ3n) is 4.05. The summed E-state index contributed by atoms with van der Waals surface area (Å²) in [6.07, 6.45) is 4.57. The van der Waals surface area contributed by atoms with Crippen LogP contribution in [0, 0.1) is 6.92 Å². The van der Waals surface area contributed by atoms with Gasteiger partial charge in [-0.3, -0.25) is 4.79 Å². The van der Waals surface area contributed by atoms with E-state index in [0.29, 0.717) is 11.0 Å². The number of ether oxygens (including phenoxy) is 2. The standard InChI is InChI=1S/C20H18O5/c1-12-6-4-5-7-13(12)8-9-15(21)16-17(22)20(24-3)19-14(10-11-25-19)18(16)23-2/h4-11,22H,1-3H3/b9-8+. The molecular formula is C20H18O5. The van der Waals surface area contributed by atoms with E-state index < -0.39 is 0 Å². The number of rotatable bonds is 5. The average molecular weight is 338 g/mol. The summed E-state index contributed by atoms with van der Waals surface area (Å²) in [6.45, 7) is 1.96. The van der Waals surface area contributed by atoms with Crippen molar-refractivity contribution in [2.24, 2.45) is 0 Å². The molecule has 0 atom stereocenters. The largest absolute Gasteiger partial charge is 0.504 e. The summed E-state index contributed by atoms with van der Waals surface area (Å²) in [5, 5.41) is 11.1. The average Bonchev–Trinajstić information content (AvgIpc) is 3.09. The van der Waals surface area contributed by atoms with Gasteiger partial charge in [0.1, 0.15) is 11.3 Å². The quantitative estimate of drug-likeness (QED) is 0.553. The van der Waals surface area contributed by atoms with Crippen LogP contribution in [-0.4, -0.2) is 25.1 Å². The Hall–Kier alpha value is -3.21. The zero-order valence-corrected chi connectivity index (χ0v) is 14.2. The first-order chi connectivity index (χ1) is 12.1. The fraction of sp³-hybridized carbons (Fsp3) is 0.150. The maximum Gasteiger partial charge on any atom is 0.205 e. The molecule has 0 amide bonds. The highest BCUT2D eigenvalue weighted by molar-refractivity contribution is 6.15. The number of methoxy groups -OCH3 is 2. The first-order valence-corrected chi connectivity index (χ1v) is 7.70. The molecule has 5 nitrogen and oxygen atoms in total. The molecule has 0 aliphatic rings. The van der Waals surface area contributed by atoms with Gasteiger partial charge in [-0.25, -0.2) is 0 Å². The van der Waals surface area contributed by atoms with Crippen LogP contribution >= 0.6 is 0 Å². The second-order valence-corrected chi connectivity index (χ2v) is 5.51. The minimum absolute atomic E-state index is 0.0399. The number of fused-ring (bicyclic) bond motifs is 1. The van der Waals surface area contributed by atoms with Crippen molar-refractivity contribution in [3.8, 4) is 17.2 Å². The van der Waals surface area contributed by atoms with Crippen LogP contribution in [0.3, 0.4) is 0 Å². The van der Waals surface area contributed by atoms with Crippen molar-refractivity contribution in [3.63, 3.8) is 0 Å². The molecule has 25 heavy (non-hydrogen) atoms. The number of phenols is 1. The lowest BCUT2D eigenvalue weighted by molar-refractivity contribution is 0.104. The number of hydrogen-bond acceptors (Lipinski definition) is 5. The van der Waals surface area contributed by atoms with Crippen LogP contribution in [-0.2, 0) is 0 Å². The Morgan fingerprint density at radius 3 is 2.52 bits per heavy atom. The Labute approximate surface area is 145 Å². The van der Waals surface area contributed by atoms with Crippen molar-refractivity contribution in [2.75, 3.05) is 14.2 Å². The maximum atomic E-state index is 12.8. The third kappa shape index (κ3) is 2.85. The predicted molar refractivity (Wildman–Crippen MR) is 95.5 cm³/mol. The molecule has 3 aromatic rings. The van der Waals surface area contributed by atoms with Crippen LogP contribution in [0.15, 0.2) is 47.1 Å². The van der Waals surface area contributed by atoms with Crippen LogP contribution in [0.2, 0.25) is 0 Å². The van der Waals surface area contributed by atoms with E-state index in [9.17, 15) is 9.90 Å². The predicted octanol–water partition coefficient (Wildman–Crippen LogP) is 4.36. The number of benzene rings is 2. The van der Waals surface area contributed by atoms with Gasteiger partial charge in [-0.2, -0.15) is 0 Å². The summed E-state index contributed by atoms with van der Waals surface area (Å²) in [5.41, 5.74) is 2.34. The lowest BCUT2D eigenvalue weighted by Gasteiger charge is -2.13. The highest BCUT2D eigenvalue weighted by Gasteiger charge is 2.26. The number of carbonyl (C=O) groups excluding carboxylic acids is 1. The van der Waals surface area contributed by atoms with Crippen LogP contribution in [0.25, 0.3) is 17.0 Å². The molecule has 1 aromatic heterocycles. The van der Waals surface area contributed by atoms with Gasteiger partial charge in [-0.05, 0) is 30.2 Å². The number of hydrogen-bond donors (Lipinski definition) is 1. The number of phenolic OH excluding ortho intramolecular Hbond substituents is 1. The Kier molecular flexibility index (Phi) is 4.48. The van der Waals surface area contributed by atoms with E-state index in [-0.39, 0.29) is 28.6 Å². The second kappa shape index (κ2) is 6.73. The van der Waals surface area contributed by atoms with Gasteiger partial charge in [-0.15, -0.1) is 0 Å². The monoisotopic (exact) mass is 338 g/mol. The third-order valence-corrected chi connectivity index (χ3v) is 4.05. The Morgan fingerprint density at radius 2 is 1.84 bits per heavy atom. The lowest BCUT2D eigenvalue weighted by atomic mass is 10.0. The second-order valence-electron chi connectivity index (χ2n) is 5.51. The molecule has 2 aromatic carbocycles. The first kappa shape index (κ1) is 16.6. The molecule has 0 radical (unpaired) electrons. The van der Waals surface area contributed by atoms with Gasteiger partial charge in [0.2, 0.25) is 5.75 Å². The van der Waals surface area contributed by atoms with E-state index in [2.05, 4.69) is 0 Å². The Balaban J connectivity index is 2.12. The number of aryl methyl sites for hydroxylation is 1. The SMILES string of the molecule is COc1c(C(=O)/C=C/c2ccccc2C)c(O)c(OC)c2occc12. The zero-order chi connectivity index (χ0) is 18.0. The van der Waals surface area contributed by atoms with Gasteiger partial charge < -0.3 is 19.0 Å². The summed E-state index contributed by atoms with van der Waals surface area (Å²) in [4.78, 5) is 12.8. The van der Waals surface area contributed by atoms with Crippen molar-refractivity contribution in [2.45, 2.75) is 6.92 Å². The Bertz CT molecular complexity index is 966. The molecule has 0 saturated carbocycles. The van der Waals surface area contributed by atoms with E-state index in [1.807, 2.05) is 31.2 Å². The fourth-order valence-electron chi connectivity index (χ4n) is 2.78. The number of aromatic hydroxyl groups is 1. The molecule has 3 rings (SSSR count). The number of allylic oxidation sites excluding steroid dienone is 1. The van der Waals surface area contributed by atoms with Crippen LogP contribution in [0.4, 0.5) is 0 Å². The van der Waals surface area contributed by atoms with Crippen molar-refractivity contribution in [1.82, 2.24) is 0 Å². The zero-order valence-electron chi connectivity index (χ0n) is 14.2. The van der Waals surface area contributed by atoms with E-state index in [1.54, 1.807) is 12.1 Å². The lowest BCUT2D eigenvalue weighted by Crippen LogP contribution is -2.02. The van der Waals surface area contributed by atoms with Gasteiger partial charge in [0.25, 0.3) is 0 Å². The number of furan rings is 1. The summed E-state index contributed by atoms with van der Waals surface area (Å²) in [6, 6.07) is 9.37. The normalized spacial score (nSPS) is 11.2. The van der Waals surface area contributed by atoms with E-state index in [4.69, 9.17) is 13.9 Å². The molecule has 1 heterocycles. The fourth-order valence-corrected chi connectivity index (χ4v) is 2.78. The van der Waals surface area contributed by atoms with E-state index in [0.717, 1.165) is 11.1 Å². The number of ketones is 1. The van der Waals surface area contributed by atoms with Gasteiger partial charge in [0.15, 0.2) is 17.1 Å². The molecule has 1 N–H and O–H groups in total. The van der Waals surface area contributed by atoms with E-state index in [1.165, 1.54) is 26.6 Å². The molecule has 0 aliphatic heterocycles. The van der Waals surface area contributed by atoms with Gasteiger partial charge >= 0.3 is 0 Å². The van der Waals surface area contributed by atoms with Gasteiger partial charge in [-0.1, -0.05) is 30.3 Å². The first-order valence-electron chi connectivity index (χ1n) is 7.70. The van der Waals surface area contributed by atoms with Crippen molar-refractivity contribution in [3.05, 3.63) is 59.4 Å². The summed E-state index contributed by atoms with van der Waals surface area (Å²) in [7, 11) is 2.84. The summed E-state index contributed by atoms with van der Waals surface area (Å²) >= 11 is 0. The van der Waals surface area contributed by atoms with Gasteiger partial charge in [0, 0.05) is 0 Å². The molecule has 0 saturated heterocycles. The number of carbonyl (C=O) groups is 1. The summed E-state index contributed by atoms with van der Waals surface area (Å²) < 4.78 is 15.9. The topological polar surface area (TPSA) is 68.9 Å². The van der Waals surface area contributed by atoms with Gasteiger partial charge in [0.05, 0.1) is 25.9 Å². The molecular weight excluding hydrogens is 320 g/mol. The molecule has 0 spiro atoms. The minimum atomic E-state index is -0.390. The molecule has 5 heteroatoms. The van der Waals surface area contributed by atoms with Crippen molar-refractivity contribution >= 4 is 22.8 Å². The highest BCUT2D eigenvalue weighted by Crippen LogP contribution is 2.45. The Morgan fingerprint density at radius 1 is 1.12 bits per heavy atom. The van der Waals surface area contributed by atoms with Crippen molar-refractivity contribution in [1.29, 1.82) is 0 Å². The minimum Gasteiger partial charge on any atom is -0.504 e. The molecule has 0 aliphatic carbocycles. The van der Waals surface area contributed by atoms with Crippen LogP contribution in [0.5, 0.6) is 17.2 Å². The molecule has 0 unspecified atom stereocenters. The van der Waals surface area contributed by atoms with E-state index >= 15 is 0 Å². The molecule has 0 bridgehead atoms. The highest BCUT2D eigenvalue weighted by atomic mass is 16.5. The van der Waals surface area contributed by atoms with Crippen LogP contribution < -0.4 is 9.47 Å². The smallest absolute Gasteiger partial charge is 0.205 e. The maximum absolute atomic E-state index is 12.8. The molecule has 128 valence electrons. The van der Waals surface area contributed by atoms with Crippen LogP contribution in [0.1, 0.15) is 21.5 Å².